The second-order valence-electron chi connectivity index (χ2n) is 17.2. The number of carbonyl (C=O) groups excluding carboxylic acids is 5. The third-order valence-electron chi connectivity index (χ3n) is 12.8. The van der Waals surface area contributed by atoms with E-state index in [4.69, 9.17) is 18.9 Å². The van der Waals surface area contributed by atoms with Crippen LogP contribution in [0.1, 0.15) is 156 Å². The highest BCUT2D eigenvalue weighted by molar-refractivity contribution is 6.32. The van der Waals surface area contributed by atoms with E-state index in [0.29, 0.717) is 32.2 Å². The van der Waals surface area contributed by atoms with E-state index in [9.17, 15) is 39.3 Å². The van der Waals surface area contributed by atoms with E-state index in [0.717, 1.165) is 32.1 Å². The second kappa shape index (κ2) is 20.6. The van der Waals surface area contributed by atoms with Crippen molar-refractivity contribution in [2.75, 3.05) is 20.3 Å². The van der Waals surface area contributed by atoms with E-state index >= 15 is 0 Å². The van der Waals surface area contributed by atoms with Crippen LogP contribution in [0.5, 0.6) is 11.5 Å². The van der Waals surface area contributed by atoms with E-state index < -0.39 is 94.4 Å². The van der Waals surface area contributed by atoms with Crippen LogP contribution in [-0.2, 0) is 23.8 Å². The highest BCUT2D eigenvalue weighted by Gasteiger charge is 2.52. The number of hydrogen-bond acceptors (Lipinski definition) is 13. The number of unbranched alkanes of at least 4 members (excludes halogenated alkanes) is 5. The van der Waals surface area contributed by atoms with Gasteiger partial charge in [-0.05, 0) is 38.5 Å². The van der Waals surface area contributed by atoms with Crippen molar-refractivity contribution in [1.29, 1.82) is 0 Å². The molecule has 0 radical (unpaired) electrons. The molecule has 5 rings (SSSR count). The number of ketones is 3. The summed E-state index contributed by atoms with van der Waals surface area (Å²) in [6, 6.07) is 0. The largest absolute Gasteiger partial charge is 0.507 e. The van der Waals surface area contributed by atoms with Gasteiger partial charge in [0.25, 0.3) is 5.79 Å². The Hall–Kier alpha value is -3.85. The lowest BCUT2D eigenvalue weighted by Gasteiger charge is -2.39. The number of benzene rings is 1. The van der Waals surface area contributed by atoms with Crippen LogP contribution >= 0.6 is 0 Å². The Balaban J connectivity index is 1.77. The Morgan fingerprint density at radius 2 is 1.54 bits per heavy atom. The van der Waals surface area contributed by atoms with Gasteiger partial charge >= 0.3 is 5.97 Å². The van der Waals surface area contributed by atoms with Gasteiger partial charge in [0.1, 0.15) is 29.0 Å². The minimum absolute atomic E-state index is 0.0549. The molecule has 10 atom stereocenters. The third kappa shape index (κ3) is 10.4. The van der Waals surface area contributed by atoms with Crippen molar-refractivity contribution in [1.82, 2.24) is 10.6 Å². The van der Waals surface area contributed by atoms with Crippen LogP contribution in [0.4, 0.5) is 0 Å². The normalized spacial score (nSPS) is 31.2. The number of ether oxygens (including phenoxy) is 4. The van der Waals surface area contributed by atoms with Gasteiger partial charge in [-0.2, -0.15) is 0 Å². The van der Waals surface area contributed by atoms with Gasteiger partial charge in [0.05, 0.1) is 41.6 Å². The molecule has 3 aliphatic heterocycles. The van der Waals surface area contributed by atoms with Crippen LogP contribution in [0, 0.1) is 36.5 Å². The molecule has 1 amide bonds. The summed E-state index contributed by atoms with van der Waals surface area (Å²) in [5.74, 6) is -8.54. The zero-order valence-corrected chi connectivity index (χ0v) is 36.7. The number of allylic oxidation sites excluding steroid dienone is 2. The summed E-state index contributed by atoms with van der Waals surface area (Å²) in [6.45, 7) is 15.4. The van der Waals surface area contributed by atoms with E-state index in [1.807, 2.05) is 13.8 Å². The molecule has 3 heterocycles. The summed E-state index contributed by atoms with van der Waals surface area (Å²) in [5.41, 5.74) is -1.32. The maximum absolute atomic E-state index is 14.6. The van der Waals surface area contributed by atoms with Gasteiger partial charge in [0, 0.05) is 56.7 Å². The Morgan fingerprint density at radius 1 is 0.881 bits per heavy atom. The van der Waals surface area contributed by atoms with Crippen LogP contribution in [0.2, 0.25) is 0 Å². The summed E-state index contributed by atoms with van der Waals surface area (Å²) in [4.78, 5) is 69.6. The number of hydrogen-bond donors (Lipinski definition) is 5. The van der Waals surface area contributed by atoms with Crippen molar-refractivity contribution in [3.63, 3.8) is 0 Å². The Morgan fingerprint density at radius 3 is 2.19 bits per heavy atom. The van der Waals surface area contributed by atoms with Crippen LogP contribution < -0.4 is 15.4 Å². The van der Waals surface area contributed by atoms with E-state index in [-0.39, 0.29) is 52.8 Å². The smallest absolute Gasteiger partial charge is 0.302 e. The zero-order chi connectivity index (χ0) is 43.9. The fraction of sp³-hybridized carbons (Fsp3) is 0.711. The predicted octanol–water partition coefficient (Wildman–Crippen LogP) is 6.09. The number of methoxy groups -OCH3 is 1. The summed E-state index contributed by atoms with van der Waals surface area (Å²) in [6.07, 6.45) is 4.07. The maximum Gasteiger partial charge on any atom is 0.302 e. The molecule has 1 unspecified atom stereocenters. The summed E-state index contributed by atoms with van der Waals surface area (Å²) < 4.78 is 23.9. The minimum Gasteiger partial charge on any atom is -0.507 e. The van der Waals surface area contributed by atoms with Crippen LogP contribution in [0.25, 0.3) is 0 Å². The Kier molecular flexibility index (Phi) is 16.7. The van der Waals surface area contributed by atoms with Crippen molar-refractivity contribution >= 4 is 29.2 Å². The quantitative estimate of drug-likeness (QED) is 0.134. The first kappa shape index (κ1) is 47.8. The number of amides is 1. The average molecular weight is 829 g/mol. The standard InChI is InChI=1S/C45H68N2O12/c1-11-12-13-14-15-16-21-46-34-35-40(53)32-31(39(34)52)33-42(28(7)38(32)51)59-45(9,43(33)54)57-22-20-30(56-10)25(4)41(58-29(8)48)27(6)37(50)26(5)36(49)23(2)18-17-19-24(3)44(55)47-35/h23-27,30,36-37,41,46,49-51H,11-22H2,1-10H3,(H,47,55)/t23-,24?,25+,26+,27+,30-,36-,37+,41+,45-/m0/s1. The topological polar surface area (TPSA) is 207 Å². The number of esters is 1. The number of phenolic OH excluding ortho intramolecular Hbond substituents is 1. The molecule has 14 nitrogen and oxygen atoms in total. The molecule has 1 aliphatic carbocycles. The van der Waals surface area contributed by atoms with Crippen molar-refractivity contribution in [3.05, 3.63) is 33.6 Å². The fourth-order valence-electron chi connectivity index (χ4n) is 8.83. The van der Waals surface area contributed by atoms with E-state index in [1.54, 1.807) is 20.8 Å². The number of aromatic hydroxyl groups is 1. The van der Waals surface area contributed by atoms with Crippen molar-refractivity contribution in [2.45, 2.75) is 157 Å². The fourth-order valence-corrected chi connectivity index (χ4v) is 8.83. The molecule has 0 spiro atoms. The molecule has 59 heavy (non-hydrogen) atoms. The summed E-state index contributed by atoms with van der Waals surface area (Å²) >= 11 is 0. The van der Waals surface area contributed by atoms with Gasteiger partial charge in [-0.3, -0.25) is 24.0 Å². The SMILES string of the molecule is CCCCCCCCNC1=C2NC(=O)C(C)CCC[C@H](C)[C@H](O)[C@@H](C)[C@@H](O)[C@@H](C)[C@H](OC(C)=O)[C@H](C)[C@@H](OC)CCO[C@@]3(C)Oc4c(C)c(O)c(c(c4C3=O)C1=O)C2=O. The first-order valence-corrected chi connectivity index (χ1v) is 21.5. The number of aliphatic hydroxyl groups is 2. The van der Waals surface area contributed by atoms with Gasteiger partial charge in [0.2, 0.25) is 23.3 Å². The lowest BCUT2D eigenvalue weighted by molar-refractivity contribution is -0.164. The highest BCUT2D eigenvalue weighted by Crippen LogP contribution is 2.48. The van der Waals surface area contributed by atoms with E-state index in [1.165, 1.54) is 27.9 Å². The number of rotatable bonds is 10. The molecule has 14 heteroatoms. The number of Topliss-reactive ketones (excluding diaryl/α,β-unsaturated/α-hetero) is 3. The van der Waals surface area contributed by atoms with Gasteiger partial charge in [0.15, 0.2) is 0 Å². The van der Waals surface area contributed by atoms with Crippen LogP contribution in [0.3, 0.4) is 0 Å². The zero-order valence-electron chi connectivity index (χ0n) is 36.7. The molecule has 4 aliphatic rings. The summed E-state index contributed by atoms with van der Waals surface area (Å²) in [5, 5.41) is 40.3. The molecule has 0 saturated heterocycles. The first-order valence-electron chi connectivity index (χ1n) is 21.5. The van der Waals surface area contributed by atoms with Crippen molar-refractivity contribution in [2.24, 2.45) is 29.6 Å². The van der Waals surface area contributed by atoms with Gasteiger partial charge in [-0.25, -0.2) is 0 Å². The molecule has 5 bridgehead atoms. The lowest BCUT2D eigenvalue weighted by atomic mass is 9.77. The Labute approximate surface area is 349 Å². The summed E-state index contributed by atoms with van der Waals surface area (Å²) in [7, 11) is 1.50. The second-order valence-corrected chi connectivity index (χ2v) is 17.2. The highest BCUT2D eigenvalue weighted by atomic mass is 16.7. The average Bonchev–Trinajstić information content (AvgIpc) is 3.46. The minimum atomic E-state index is -1.96. The molecule has 5 N–H and O–H groups in total. The molecular weight excluding hydrogens is 760 g/mol. The number of nitrogens with one attached hydrogen (secondary N) is 2. The molecule has 330 valence electrons. The molecule has 1 aromatic rings. The molecule has 1 aromatic carbocycles. The number of phenols is 1. The predicted molar refractivity (Wildman–Crippen MR) is 220 cm³/mol. The van der Waals surface area contributed by atoms with Crippen LogP contribution in [-0.4, -0.2) is 95.0 Å². The molecule has 0 aromatic heterocycles. The van der Waals surface area contributed by atoms with Gasteiger partial charge < -0.3 is 44.9 Å². The number of carbonyl (C=O) groups is 5. The monoisotopic (exact) mass is 828 g/mol. The maximum atomic E-state index is 14.6. The van der Waals surface area contributed by atoms with Crippen LogP contribution in [0.15, 0.2) is 11.4 Å². The molecule has 0 saturated carbocycles. The molecule has 0 fully saturated rings. The Bertz CT molecular complexity index is 1760. The number of aliphatic hydroxyl groups excluding tert-OH is 2. The van der Waals surface area contributed by atoms with Gasteiger partial charge in [-0.15, -0.1) is 0 Å². The van der Waals surface area contributed by atoms with Gasteiger partial charge in [-0.1, -0.05) is 80.1 Å². The third-order valence-corrected chi connectivity index (χ3v) is 12.8. The lowest BCUT2D eigenvalue weighted by Crippen LogP contribution is -2.47. The van der Waals surface area contributed by atoms with Crippen molar-refractivity contribution < 1.29 is 58.2 Å². The van der Waals surface area contributed by atoms with Crippen molar-refractivity contribution in [3.8, 4) is 11.5 Å². The molecular formula is C45H68N2O12. The number of fused-ring (bicyclic) bond motifs is 17. The first-order chi connectivity index (χ1) is 27.8. The van der Waals surface area contributed by atoms with E-state index in [2.05, 4.69) is 17.6 Å².